The summed E-state index contributed by atoms with van der Waals surface area (Å²) in [4.78, 5) is 34.0. The lowest BCUT2D eigenvalue weighted by atomic mass is 9.85. The standard InChI is InChI=1S/C27H25ClFN3O5/c1-35-20-12-21(24(29)22(13-20)36-2)26(34)31-15-27(16-31)10-3-11-32(27)25(33)17-4-7-19(8-5-17)37-23-9-6-18(28)14-30-23/h4-9,12-14H,3,10-11,15-16H2,1-2H3. The summed E-state index contributed by atoms with van der Waals surface area (Å²) in [5, 5.41) is 0.512. The predicted molar refractivity (Wildman–Crippen MR) is 134 cm³/mol. The van der Waals surface area contributed by atoms with E-state index < -0.39 is 17.3 Å². The molecule has 1 spiro atoms. The van der Waals surface area contributed by atoms with Gasteiger partial charge in [-0.15, -0.1) is 0 Å². The molecular weight excluding hydrogens is 501 g/mol. The minimum atomic E-state index is -0.732. The number of benzene rings is 2. The molecule has 2 aliphatic rings. The monoisotopic (exact) mass is 525 g/mol. The number of pyridine rings is 1. The largest absolute Gasteiger partial charge is 0.497 e. The molecule has 0 N–H and O–H groups in total. The van der Waals surface area contributed by atoms with Crippen molar-refractivity contribution in [2.24, 2.45) is 0 Å². The number of amides is 2. The van der Waals surface area contributed by atoms with Gasteiger partial charge in [0.1, 0.15) is 11.5 Å². The summed E-state index contributed by atoms with van der Waals surface area (Å²) in [6.45, 7) is 1.26. The second-order valence-electron chi connectivity index (χ2n) is 9.08. The Bertz CT molecular complexity index is 1330. The number of carbonyl (C=O) groups excluding carboxylic acids is 2. The van der Waals surface area contributed by atoms with Crippen molar-refractivity contribution in [1.29, 1.82) is 0 Å². The minimum Gasteiger partial charge on any atom is -0.497 e. The molecule has 3 heterocycles. The smallest absolute Gasteiger partial charge is 0.257 e. The maximum absolute atomic E-state index is 14.8. The van der Waals surface area contributed by atoms with Crippen LogP contribution in [0.3, 0.4) is 0 Å². The average molecular weight is 526 g/mol. The van der Waals surface area contributed by atoms with Crippen molar-refractivity contribution in [2.75, 3.05) is 33.9 Å². The zero-order valence-electron chi connectivity index (χ0n) is 20.4. The number of rotatable bonds is 6. The third-order valence-corrected chi connectivity index (χ3v) is 7.05. The lowest BCUT2D eigenvalue weighted by Crippen LogP contribution is -2.69. The normalized spacial score (nSPS) is 15.9. The summed E-state index contributed by atoms with van der Waals surface area (Å²) >= 11 is 5.85. The van der Waals surface area contributed by atoms with Crippen LogP contribution in [-0.4, -0.2) is 66.0 Å². The second kappa shape index (κ2) is 9.89. The topological polar surface area (TPSA) is 81.2 Å². The Balaban J connectivity index is 1.27. The van der Waals surface area contributed by atoms with Crippen LogP contribution in [0.25, 0.3) is 0 Å². The van der Waals surface area contributed by atoms with E-state index in [0.29, 0.717) is 47.6 Å². The van der Waals surface area contributed by atoms with E-state index in [9.17, 15) is 14.0 Å². The van der Waals surface area contributed by atoms with Crippen LogP contribution in [0.4, 0.5) is 4.39 Å². The maximum Gasteiger partial charge on any atom is 0.257 e. The Kier molecular flexibility index (Phi) is 6.64. The fourth-order valence-electron chi connectivity index (χ4n) is 4.92. The van der Waals surface area contributed by atoms with Crippen LogP contribution >= 0.6 is 11.6 Å². The van der Waals surface area contributed by atoms with Gasteiger partial charge in [-0.3, -0.25) is 9.59 Å². The molecule has 5 rings (SSSR count). The number of halogens is 2. The summed E-state index contributed by atoms with van der Waals surface area (Å²) in [5.74, 6) is -0.106. The van der Waals surface area contributed by atoms with Crippen LogP contribution in [0, 0.1) is 5.82 Å². The van der Waals surface area contributed by atoms with Gasteiger partial charge >= 0.3 is 0 Å². The molecule has 37 heavy (non-hydrogen) atoms. The van der Waals surface area contributed by atoms with Crippen LogP contribution in [-0.2, 0) is 0 Å². The van der Waals surface area contributed by atoms with Gasteiger partial charge in [0.15, 0.2) is 11.6 Å². The molecule has 0 atom stereocenters. The lowest BCUT2D eigenvalue weighted by Gasteiger charge is -2.52. The summed E-state index contributed by atoms with van der Waals surface area (Å²) in [7, 11) is 2.77. The zero-order valence-corrected chi connectivity index (χ0v) is 21.1. The van der Waals surface area contributed by atoms with Crippen molar-refractivity contribution < 1.29 is 28.2 Å². The van der Waals surface area contributed by atoms with Gasteiger partial charge in [0.05, 0.1) is 30.3 Å². The SMILES string of the molecule is COc1cc(OC)c(F)c(C(=O)N2CC3(CCCN3C(=O)c3ccc(Oc4ccc(Cl)cn4)cc3)C2)c1. The molecule has 0 radical (unpaired) electrons. The fourth-order valence-corrected chi connectivity index (χ4v) is 5.03. The molecule has 1 aromatic heterocycles. The van der Waals surface area contributed by atoms with Crippen molar-refractivity contribution >= 4 is 23.4 Å². The van der Waals surface area contributed by atoms with E-state index in [1.54, 1.807) is 41.3 Å². The molecule has 0 aliphatic carbocycles. The first-order chi connectivity index (χ1) is 17.8. The Morgan fingerprint density at radius 2 is 1.76 bits per heavy atom. The van der Waals surface area contributed by atoms with Crippen molar-refractivity contribution in [3.05, 3.63) is 76.7 Å². The molecule has 2 amide bonds. The minimum absolute atomic E-state index is 0.0603. The Hall–Kier alpha value is -3.85. The van der Waals surface area contributed by atoms with Gasteiger partial charge in [-0.25, -0.2) is 9.37 Å². The molecule has 2 fully saturated rings. The highest BCUT2D eigenvalue weighted by atomic mass is 35.5. The lowest BCUT2D eigenvalue weighted by molar-refractivity contribution is -0.0118. The summed E-state index contributed by atoms with van der Waals surface area (Å²) in [6, 6.07) is 12.9. The van der Waals surface area contributed by atoms with E-state index in [0.717, 1.165) is 12.8 Å². The number of hydrogen-bond acceptors (Lipinski definition) is 6. The molecule has 0 bridgehead atoms. The van der Waals surface area contributed by atoms with E-state index in [1.807, 2.05) is 4.90 Å². The maximum atomic E-state index is 14.8. The molecule has 2 aliphatic heterocycles. The van der Waals surface area contributed by atoms with Gasteiger partial charge in [-0.2, -0.15) is 0 Å². The number of nitrogens with zero attached hydrogens (tertiary/aromatic N) is 3. The van der Waals surface area contributed by atoms with Gasteiger partial charge in [0.25, 0.3) is 11.8 Å². The molecular formula is C27H25ClFN3O5. The second-order valence-corrected chi connectivity index (χ2v) is 9.51. The Morgan fingerprint density at radius 3 is 2.41 bits per heavy atom. The van der Waals surface area contributed by atoms with Crippen LogP contribution in [0.5, 0.6) is 23.1 Å². The van der Waals surface area contributed by atoms with Crippen LogP contribution in [0.2, 0.25) is 5.02 Å². The first-order valence-electron chi connectivity index (χ1n) is 11.8. The van der Waals surface area contributed by atoms with Gasteiger partial charge in [-0.1, -0.05) is 11.6 Å². The van der Waals surface area contributed by atoms with E-state index in [2.05, 4.69) is 4.98 Å². The third-order valence-electron chi connectivity index (χ3n) is 6.82. The van der Waals surface area contributed by atoms with Crippen molar-refractivity contribution in [1.82, 2.24) is 14.8 Å². The van der Waals surface area contributed by atoms with Crippen molar-refractivity contribution in [3.63, 3.8) is 0 Å². The number of ether oxygens (including phenoxy) is 3. The molecule has 3 aromatic rings. The Labute approximate surface area is 218 Å². The zero-order chi connectivity index (χ0) is 26.2. The number of likely N-dealkylation sites (tertiary alicyclic amines) is 2. The number of carbonyl (C=O) groups is 2. The quantitative estimate of drug-likeness (QED) is 0.459. The highest BCUT2D eigenvalue weighted by Crippen LogP contribution is 2.40. The van der Waals surface area contributed by atoms with Gasteiger partial charge < -0.3 is 24.0 Å². The van der Waals surface area contributed by atoms with Gasteiger partial charge in [-0.05, 0) is 49.2 Å². The highest BCUT2D eigenvalue weighted by molar-refractivity contribution is 6.30. The average Bonchev–Trinajstić information content (AvgIpc) is 3.34. The molecule has 0 saturated carbocycles. The summed E-state index contributed by atoms with van der Waals surface area (Å²) in [6.07, 6.45) is 3.10. The number of methoxy groups -OCH3 is 2. The fraction of sp³-hybridized carbons (Fsp3) is 0.296. The summed E-state index contributed by atoms with van der Waals surface area (Å²) in [5.41, 5.74) is -0.0621. The summed E-state index contributed by atoms with van der Waals surface area (Å²) < 4.78 is 30.8. The third kappa shape index (κ3) is 4.67. The van der Waals surface area contributed by atoms with Gasteiger partial charge in [0, 0.05) is 43.5 Å². The van der Waals surface area contributed by atoms with Crippen molar-refractivity contribution in [2.45, 2.75) is 18.4 Å². The molecule has 2 aromatic carbocycles. The first kappa shape index (κ1) is 24.8. The number of aromatic nitrogens is 1. The van der Waals surface area contributed by atoms with E-state index in [-0.39, 0.29) is 17.2 Å². The predicted octanol–water partition coefficient (Wildman–Crippen LogP) is 4.81. The molecule has 2 saturated heterocycles. The molecule has 8 nitrogen and oxygen atoms in total. The van der Waals surface area contributed by atoms with E-state index >= 15 is 0 Å². The highest BCUT2D eigenvalue weighted by Gasteiger charge is 2.53. The molecule has 192 valence electrons. The Morgan fingerprint density at radius 1 is 1.00 bits per heavy atom. The van der Waals surface area contributed by atoms with Crippen LogP contribution in [0.15, 0.2) is 54.7 Å². The van der Waals surface area contributed by atoms with E-state index in [4.69, 9.17) is 25.8 Å². The number of hydrogen-bond donors (Lipinski definition) is 0. The van der Waals surface area contributed by atoms with E-state index in [1.165, 1.54) is 32.5 Å². The van der Waals surface area contributed by atoms with Crippen molar-refractivity contribution in [3.8, 4) is 23.1 Å². The molecule has 0 unspecified atom stereocenters. The van der Waals surface area contributed by atoms with Crippen LogP contribution < -0.4 is 14.2 Å². The van der Waals surface area contributed by atoms with Gasteiger partial charge in [0.2, 0.25) is 5.88 Å². The molecule has 10 heteroatoms. The first-order valence-corrected chi connectivity index (χ1v) is 12.1. The van der Waals surface area contributed by atoms with Crippen LogP contribution in [0.1, 0.15) is 33.6 Å².